The van der Waals surface area contributed by atoms with Gasteiger partial charge in [0.25, 0.3) is 0 Å². The molecule has 0 aliphatic carbocycles. The quantitative estimate of drug-likeness (QED) is 0.865. The Bertz CT molecular complexity index is 412. The first-order chi connectivity index (χ1) is 7.90. The van der Waals surface area contributed by atoms with E-state index < -0.39 is 12.1 Å². The first kappa shape index (κ1) is 14.3. The largest absolute Gasteiger partial charge is 0.480 e. The van der Waals surface area contributed by atoms with Crippen molar-refractivity contribution in [3.63, 3.8) is 0 Å². The lowest BCUT2D eigenvalue weighted by atomic mass is 10.1. The van der Waals surface area contributed by atoms with Crippen LogP contribution >= 0.6 is 23.2 Å². The van der Waals surface area contributed by atoms with E-state index in [9.17, 15) is 9.90 Å². The molecule has 0 bridgehead atoms. The molecule has 0 fully saturated rings. The summed E-state index contributed by atoms with van der Waals surface area (Å²) in [5, 5.41) is 19.4. The van der Waals surface area contributed by atoms with Crippen LogP contribution in [-0.4, -0.2) is 41.2 Å². The summed E-state index contributed by atoms with van der Waals surface area (Å²) >= 11 is 11.7. The number of carbonyl (C=O) groups is 1. The van der Waals surface area contributed by atoms with Gasteiger partial charge in [-0.1, -0.05) is 29.3 Å². The molecule has 1 aromatic carbocycles. The maximum atomic E-state index is 10.5. The van der Waals surface area contributed by atoms with Gasteiger partial charge >= 0.3 is 5.97 Å². The second-order valence-electron chi connectivity index (χ2n) is 3.77. The van der Waals surface area contributed by atoms with E-state index in [0.29, 0.717) is 15.6 Å². The summed E-state index contributed by atoms with van der Waals surface area (Å²) in [6.45, 7) is 0.0515. The average Bonchev–Trinajstić information content (AvgIpc) is 2.15. The zero-order valence-electron chi connectivity index (χ0n) is 9.23. The summed E-state index contributed by atoms with van der Waals surface area (Å²) in [4.78, 5) is 12.0. The van der Waals surface area contributed by atoms with Crippen molar-refractivity contribution in [1.82, 2.24) is 4.90 Å². The molecule has 0 heterocycles. The van der Waals surface area contributed by atoms with Crippen LogP contribution in [0.5, 0.6) is 0 Å². The maximum Gasteiger partial charge on any atom is 0.317 e. The van der Waals surface area contributed by atoms with Gasteiger partial charge in [0.05, 0.1) is 12.6 Å². The Morgan fingerprint density at radius 3 is 2.65 bits per heavy atom. The predicted octanol–water partition coefficient (Wildman–Crippen LogP) is 2.04. The Hall–Kier alpha value is -0.810. The molecule has 17 heavy (non-hydrogen) atoms. The molecule has 6 heteroatoms. The molecule has 4 nitrogen and oxygen atoms in total. The predicted molar refractivity (Wildman–Crippen MR) is 66.6 cm³/mol. The number of hydrogen-bond acceptors (Lipinski definition) is 3. The Morgan fingerprint density at radius 2 is 2.12 bits per heavy atom. The highest BCUT2D eigenvalue weighted by Gasteiger charge is 2.15. The molecule has 0 radical (unpaired) electrons. The normalized spacial score (nSPS) is 12.8. The fourth-order valence-electron chi connectivity index (χ4n) is 1.46. The molecule has 2 N–H and O–H groups in total. The van der Waals surface area contributed by atoms with Gasteiger partial charge in [-0.2, -0.15) is 0 Å². The van der Waals surface area contributed by atoms with E-state index in [1.54, 1.807) is 25.2 Å². The van der Waals surface area contributed by atoms with E-state index in [1.807, 2.05) is 0 Å². The Labute approximate surface area is 109 Å². The van der Waals surface area contributed by atoms with Gasteiger partial charge in [0.2, 0.25) is 0 Å². The molecule has 0 aliphatic heterocycles. The van der Waals surface area contributed by atoms with Crippen LogP contribution in [0.2, 0.25) is 10.0 Å². The highest BCUT2D eigenvalue weighted by molar-refractivity contribution is 6.35. The Kier molecular flexibility index (Phi) is 5.21. The minimum atomic E-state index is -0.943. The van der Waals surface area contributed by atoms with Gasteiger partial charge in [0.1, 0.15) is 0 Å². The molecule has 0 saturated heterocycles. The smallest absolute Gasteiger partial charge is 0.317 e. The van der Waals surface area contributed by atoms with Crippen molar-refractivity contribution >= 4 is 29.2 Å². The SMILES string of the molecule is CN(CC(=O)O)CC(O)c1ccc(Cl)cc1Cl. The third kappa shape index (κ3) is 4.52. The fraction of sp³-hybridized carbons (Fsp3) is 0.364. The van der Waals surface area contributed by atoms with E-state index >= 15 is 0 Å². The maximum absolute atomic E-state index is 10.5. The average molecular weight is 278 g/mol. The van der Waals surface area contributed by atoms with Crippen LogP contribution < -0.4 is 0 Å². The van der Waals surface area contributed by atoms with E-state index in [2.05, 4.69) is 0 Å². The number of aliphatic hydroxyl groups excluding tert-OH is 1. The second-order valence-corrected chi connectivity index (χ2v) is 4.62. The third-order valence-corrected chi connectivity index (χ3v) is 2.77. The third-order valence-electron chi connectivity index (χ3n) is 2.21. The molecule has 1 atom stereocenters. The number of aliphatic carboxylic acids is 1. The topological polar surface area (TPSA) is 60.8 Å². The van der Waals surface area contributed by atoms with Crippen LogP contribution in [0.15, 0.2) is 18.2 Å². The number of hydrogen-bond donors (Lipinski definition) is 2. The summed E-state index contributed by atoms with van der Waals surface area (Å²) < 4.78 is 0. The first-order valence-corrected chi connectivity index (χ1v) is 5.69. The lowest BCUT2D eigenvalue weighted by Gasteiger charge is -2.19. The van der Waals surface area contributed by atoms with Gasteiger partial charge in [-0.15, -0.1) is 0 Å². The summed E-state index contributed by atoms with van der Waals surface area (Å²) in [5.41, 5.74) is 0.535. The standard InChI is InChI=1S/C11H13Cl2NO3/c1-14(6-11(16)17)5-10(15)8-3-2-7(12)4-9(8)13/h2-4,10,15H,5-6H2,1H3,(H,16,17). The zero-order valence-corrected chi connectivity index (χ0v) is 10.7. The van der Waals surface area contributed by atoms with E-state index in [0.717, 1.165) is 0 Å². The number of benzene rings is 1. The monoisotopic (exact) mass is 277 g/mol. The highest BCUT2D eigenvalue weighted by atomic mass is 35.5. The molecular weight excluding hydrogens is 265 g/mol. The summed E-state index contributed by atoms with van der Waals surface area (Å²) in [6.07, 6.45) is -0.843. The molecule has 1 unspecified atom stereocenters. The molecule has 0 aromatic heterocycles. The van der Waals surface area contributed by atoms with Gasteiger partial charge in [-0.25, -0.2) is 0 Å². The zero-order chi connectivity index (χ0) is 13.0. The van der Waals surface area contributed by atoms with Crippen molar-refractivity contribution < 1.29 is 15.0 Å². The number of halogens is 2. The molecule has 1 aromatic rings. The van der Waals surface area contributed by atoms with Crippen LogP contribution in [0.4, 0.5) is 0 Å². The molecular formula is C11H13Cl2NO3. The lowest BCUT2D eigenvalue weighted by molar-refractivity contribution is -0.138. The van der Waals surface area contributed by atoms with Crippen molar-refractivity contribution in [2.75, 3.05) is 20.1 Å². The van der Waals surface area contributed by atoms with Gasteiger partial charge in [0, 0.05) is 22.2 Å². The van der Waals surface area contributed by atoms with Crippen molar-refractivity contribution in [2.45, 2.75) is 6.10 Å². The van der Waals surface area contributed by atoms with Crippen molar-refractivity contribution in [1.29, 1.82) is 0 Å². The summed E-state index contributed by atoms with van der Waals surface area (Å²) in [5.74, 6) is -0.943. The number of aliphatic hydroxyl groups is 1. The fourth-order valence-corrected chi connectivity index (χ4v) is 2.00. The van der Waals surface area contributed by atoms with Crippen molar-refractivity contribution in [2.24, 2.45) is 0 Å². The van der Waals surface area contributed by atoms with Crippen molar-refractivity contribution in [3.8, 4) is 0 Å². The molecule has 0 aliphatic rings. The molecule has 0 spiro atoms. The van der Waals surface area contributed by atoms with E-state index in [-0.39, 0.29) is 13.1 Å². The molecule has 1 rings (SSSR count). The Balaban J connectivity index is 2.69. The van der Waals surface area contributed by atoms with Gasteiger partial charge < -0.3 is 10.2 Å². The molecule has 0 saturated carbocycles. The van der Waals surface area contributed by atoms with Crippen LogP contribution in [0, 0.1) is 0 Å². The van der Waals surface area contributed by atoms with Gasteiger partial charge in [0.15, 0.2) is 0 Å². The number of nitrogens with zero attached hydrogens (tertiary/aromatic N) is 1. The van der Waals surface area contributed by atoms with E-state index in [1.165, 1.54) is 4.90 Å². The van der Waals surface area contributed by atoms with Crippen LogP contribution in [-0.2, 0) is 4.79 Å². The number of carboxylic acid groups (broad SMARTS) is 1. The minimum absolute atomic E-state index is 0.137. The van der Waals surface area contributed by atoms with Crippen LogP contribution in [0.25, 0.3) is 0 Å². The summed E-state index contributed by atoms with van der Waals surface area (Å²) in [6, 6.07) is 4.80. The summed E-state index contributed by atoms with van der Waals surface area (Å²) in [7, 11) is 1.61. The number of rotatable bonds is 5. The van der Waals surface area contributed by atoms with Crippen LogP contribution in [0.1, 0.15) is 11.7 Å². The van der Waals surface area contributed by atoms with Crippen molar-refractivity contribution in [3.05, 3.63) is 33.8 Å². The first-order valence-electron chi connectivity index (χ1n) is 4.93. The number of carboxylic acids is 1. The minimum Gasteiger partial charge on any atom is -0.480 e. The highest BCUT2D eigenvalue weighted by Crippen LogP contribution is 2.26. The van der Waals surface area contributed by atoms with Gasteiger partial charge in [-0.05, 0) is 19.2 Å². The van der Waals surface area contributed by atoms with Gasteiger partial charge in [-0.3, -0.25) is 9.69 Å². The Morgan fingerprint density at radius 1 is 1.47 bits per heavy atom. The van der Waals surface area contributed by atoms with E-state index in [4.69, 9.17) is 28.3 Å². The molecule has 94 valence electrons. The van der Waals surface area contributed by atoms with Crippen LogP contribution in [0.3, 0.4) is 0 Å². The number of likely N-dealkylation sites (N-methyl/N-ethyl adjacent to an activating group) is 1. The molecule has 0 amide bonds. The lowest BCUT2D eigenvalue weighted by Crippen LogP contribution is -2.30. The second kappa shape index (κ2) is 6.21.